The van der Waals surface area contributed by atoms with Gasteiger partial charge in [0.25, 0.3) is 0 Å². The second-order valence-electron chi connectivity index (χ2n) is 5.61. The number of halogens is 1. The SMILES string of the molecule is CC[C@@H](NS(=O)(=O)c1cc(Cl)ccc1OC)c1ccc(OC)c(C)c1. The Morgan fingerprint density at radius 2 is 1.72 bits per heavy atom. The lowest BCUT2D eigenvalue weighted by molar-refractivity contribution is 0.402. The number of nitrogens with one attached hydrogen (secondary N) is 1. The standard InChI is InChI=1S/C18H22ClNO4S/c1-5-15(13-6-8-16(23-3)12(2)10-13)20-25(21,22)18-11-14(19)7-9-17(18)24-4/h6-11,15,20H,5H2,1-4H3/t15-/m1/s1. The van der Waals surface area contributed by atoms with Crippen LogP contribution in [-0.2, 0) is 10.0 Å². The van der Waals surface area contributed by atoms with E-state index in [4.69, 9.17) is 21.1 Å². The van der Waals surface area contributed by atoms with E-state index in [-0.39, 0.29) is 16.7 Å². The minimum Gasteiger partial charge on any atom is -0.496 e. The van der Waals surface area contributed by atoms with Crippen LogP contribution < -0.4 is 14.2 Å². The Balaban J connectivity index is 2.38. The molecule has 0 amide bonds. The lowest BCUT2D eigenvalue weighted by Crippen LogP contribution is -2.28. The highest BCUT2D eigenvalue weighted by molar-refractivity contribution is 7.89. The normalized spacial score (nSPS) is 12.7. The number of ether oxygens (including phenoxy) is 2. The monoisotopic (exact) mass is 383 g/mol. The van der Waals surface area contributed by atoms with E-state index in [1.165, 1.54) is 19.2 Å². The van der Waals surface area contributed by atoms with Crippen molar-refractivity contribution in [3.05, 3.63) is 52.5 Å². The van der Waals surface area contributed by atoms with Crippen molar-refractivity contribution in [3.63, 3.8) is 0 Å². The zero-order chi connectivity index (χ0) is 18.6. The van der Waals surface area contributed by atoms with Gasteiger partial charge in [-0.3, -0.25) is 0 Å². The van der Waals surface area contributed by atoms with Gasteiger partial charge in [-0.1, -0.05) is 30.7 Å². The Labute approximate surface area is 154 Å². The molecule has 0 unspecified atom stereocenters. The van der Waals surface area contributed by atoms with E-state index < -0.39 is 10.0 Å². The minimum atomic E-state index is -3.80. The summed E-state index contributed by atoms with van der Waals surface area (Å²) in [5.74, 6) is 1.01. The summed E-state index contributed by atoms with van der Waals surface area (Å²) in [7, 11) is -0.777. The molecule has 2 rings (SSSR count). The van der Waals surface area contributed by atoms with Gasteiger partial charge < -0.3 is 9.47 Å². The zero-order valence-electron chi connectivity index (χ0n) is 14.7. The highest BCUT2D eigenvalue weighted by Crippen LogP contribution is 2.30. The molecule has 5 nitrogen and oxygen atoms in total. The number of aryl methyl sites for hydroxylation is 1. The first-order valence-electron chi connectivity index (χ1n) is 7.82. The Morgan fingerprint density at radius 1 is 1.08 bits per heavy atom. The van der Waals surface area contributed by atoms with E-state index in [1.807, 2.05) is 32.0 Å². The van der Waals surface area contributed by atoms with Gasteiger partial charge in [-0.15, -0.1) is 0 Å². The fraction of sp³-hybridized carbons (Fsp3) is 0.333. The Kier molecular flexibility index (Phi) is 6.32. The molecule has 0 spiro atoms. The van der Waals surface area contributed by atoms with E-state index in [0.717, 1.165) is 16.9 Å². The summed E-state index contributed by atoms with van der Waals surface area (Å²) in [4.78, 5) is 0.0196. The van der Waals surface area contributed by atoms with Crippen molar-refractivity contribution in [2.75, 3.05) is 14.2 Å². The number of sulfonamides is 1. The summed E-state index contributed by atoms with van der Waals surface area (Å²) in [6, 6.07) is 9.75. The smallest absolute Gasteiger partial charge is 0.244 e. The molecule has 0 aromatic heterocycles. The third kappa shape index (κ3) is 4.45. The van der Waals surface area contributed by atoms with Crippen molar-refractivity contribution in [2.45, 2.75) is 31.2 Å². The quantitative estimate of drug-likeness (QED) is 0.781. The van der Waals surface area contributed by atoms with Gasteiger partial charge in [0.2, 0.25) is 10.0 Å². The van der Waals surface area contributed by atoms with Crippen molar-refractivity contribution < 1.29 is 17.9 Å². The number of hydrogen-bond donors (Lipinski definition) is 1. The van der Waals surface area contributed by atoms with Gasteiger partial charge in [0.15, 0.2) is 0 Å². The summed E-state index contributed by atoms with van der Waals surface area (Å²) in [5, 5.41) is 0.328. The van der Waals surface area contributed by atoms with Crippen LogP contribution in [0.4, 0.5) is 0 Å². The number of rotatable bonds is 7. The molecular weight excluding hydrogens is 362 g/mol. The van der Waals surface area contributed by atoms with Crippen LogP contribution in [0, 0.1) is 6.92 Å². The van der Waals surface area contributed by atoms with Crippen LogP contribution in [0.15, 0.2) is 41.3 Å². The Bertz CT molecular complexity index is 852. The zero-order valence-corrected chi connectivity index (χ0v) is 16.2. The molecular formula is C18H22ClNO4S. The van der Waals surface area contributed by atoms with Crippen LogP contribution in [0.5, 0.6) is 11.5 Å². The predicted octanol–water partition coefficient (Wildman–Crippen LogP) is 4.10. The molecule has 136 valence electrons. The van der Waals surface area contributed by atoms with E-state index in [0.29, 0.717) is 11.4 Å². The van der Waals surface area contributed by atoms with E-state index >= 15 is 0 Å². The molecule has 1 atom stereocenters. The fourth-order valence-corrected chi connectivity index (χ4v) is 4.36. The maximum absolute atomic E-state index is 12.8. The van der Waals surface area contributed by atoms with Crippen LogP contribution in [0.2, 0.25) is 5.02 Å². The molecule has 0 aliphatic heterocycles. The van der Waals surface area contributed by atoms with Gasteiger partial charge in [-0.05, 0) is 48.7 Å². The van der Waals surface area contributed by atoms with Gasteiger partial charge in [0, 0.05) is 11.1 Å². The molecule has 25 heavy (non-hydrogen) atoms. The highest BCUT2D eigenvalue weighted by Gasteiger charge is 2.24. The van der Waals surface area contributed by atoms with Crippen LogP contribution in [-0.4, -0.2) is 22.6 Å². The molecule has 0 fully saturated rings. The average Bonchev–Trinajstić information content (AvgIpc) is 2.59. The largest absolute Gasteiger partial charge is 0.496 e. The van der Waals surface area contributed by atoms with Gasteiger partial charge in [-0.25, -0.2) is 13.1 Å². The molecule has 1 N–H and O–H groups in total. The van der Waals surface area contributed by atoms with Crippen molar-refractivity contribution in [3.8, 4) is 11.5 Å². The van der Waals surface area contributed by atoms with Crippen LogP contribution >= 0.6 is 11.6 Å². The highest BCUT2D eigenvalue weighted by atomic mass is 35.5. The molecule has 2 aromatic carbocycles. The topological polar surface area (TPSA) is 64.6 Å². The maximum atomic E-state index is 12.8. The second kappa shape index (κ2) is 8.08. The molecule has 0 radical (unpaired) electrons. The summed E-state index contributed by atoms with van der Waals surface area (Å²) in [6.45, 7) is 3.84. The number of hydrogen-bond acceptors (Lipinski definition) is 4. The van der Waals surface area contributed by atoms with Crippen molar-refractivity contribution >= 4 is 21.6 Å². The Hall–Kier alpha value is -1.76. The fourth-order valence-electron chi connectivity index (χ4n) is 2.62. The third-order valence-electron chi connectivity index (χ3n) is 3.94. The first-order valence-corrected chi connectivity index (χ1v) is 9.69. The number of benzene rings is 2. The summed E-state index contributed by atoms with van der Waals surface area (Å²) >= 11 is 5.96. The predicted molar refractivity (Wildman–Crippen MR) is 99.1 cm³/mol. The van der Waals surface area contributed by atoms with E-state index in [2.05, 4.69) is 4.72 Å². The van der Waals surface area contributed by atoms with Gasteiger partial charge in [0.05, 0.1) is 14.2 Å². The molecule has 0 saturated heterocycles. The molecule has 2 aromatic rings. The van der Waals surface area contributed by atoms with Crippen molar-refractivity contribution in [1.82, 2.24) is 4.72 Å². The second-order valence-corrected chi connectivity index (χ2v) is 7.73. The van der Waals surface area contributed by atoms with Crippen LogP contribution in [0.25, 0.3) is 0 Å². The van der Waals surface area contributed by atoms with Gasteiger partial charge in [-0.2, -0.15) is 0 Å². The van der Waals surface area contributed by atoms with Crippen molar-refractivity contribution in [2.24, 2.45) is 0 Å². The lowest BCUT2D eigenvalue weighted by Gasteiger charge is -2.20. The van der Waals surface area contributed by atoms with Crippen LogP contribution in [0.1, 0.15) is 30.5 Å². The molecule has 0 bridgehead atoms. The summed E-state index contributed by atoms with van der Waals surface area (Å²) in [5.41, 5.74) is 1.81. The summed E-state index contributed by atoms with van der Waals surface area (Å²) < 4.78 is 38.8. The van der Waals surface area contributed by atoms with Crippen molar-refractivity contribution in [1.29, 1.82) is 0 Å². The lowest BCUT2D eigenvalue weighted by atomic mass is 10.0. The maximum Gasteiger partial charge on any atom is 0.244 e. The molecule has 7 heteroatoms. The Morgan fingerprint density at radius 3 is 2.28 bits per heavy atom. The third-order valence-corrected chi connectivity index (χ3v) is 5.67. The van der Waals surface area contributed by atoms with E-state index in [1.54, 1.807) is 13.2 Å². The first-order chi connectivity index (χ1) is 11.8. The van der Waals surface area contributed by atoms with Crippen LogP contribution in [0.3, 0.4) is 0 Å². The summed E-state index contributed by atoms with van der Waals surface area (Å²) in [6.07, 6.45) is 0.591. The molecule has 0 heterocycles. The van der Waals surface area contributed by atoms with Gasteiger partial charge >= 0.3 is 0 Å². The minimum absolute atomic E-state index is 0.0196. The first kappa shape index (κ1) is 19.6. The molecule has 0 aliphatic rings. The average molecular weight is 384 g/mol. The van der Waals surface area contributed by atoms with Gasteiger partial charge in [0.1, 0.15) is 16.4 Å². The molecule has 0 saturated carbocycles. The number of methoxy groups -OCH3 is 2. The van der Waals surface area contributed by atoms with E-state index in [9.17, 15) is 8.42 Å². The molecule has 0 aliphatic carbocycles.